The highest BCUT2D eigenvalue weighted by Gasteiger charge is 2.35. The Labute approximate surface area is 181 Å². The third-order valence-corrected chi connectivity index (χ3v) is 7.58. The number of hydrogen-bond donors (Lipinski definition) is 1. The summed E-state index contributed by atoms with van der Waals surface area (Å²) in [6.45, 7) is 6.17. The van der Waals surface area contributed by atoms with Crippen LogP contribution in [0.25, 0.3) is 5.70 Å². The summed E-state index contributed by atoms with van der Waals surface area (Å²) in [5, 5.41) is 10.0. The number of aromatic hydroxyl groups is 1. The molecule has 162 valence electrons. The molecule has 0 atom stereocenters. The van der Waals surface area contributed by atoms with Crippen molar-refractivity contribution in [1.29, 1.82) is 0 Å². The number of hydrogen-bond acceptors (Lipinski definition) is 5. The Morgan fingerprint density at radius 3 is 2.35 bits per heavy atom. The van der Waals surface area contributed by atoms with Crippen LogP contribution < -0.4 is 0 Å². The van der Waals surface area contributed by atoms with E-state index in [9.17, 15) is 23.1 Å². The molecule has 2 aliphatic heterocycles. The zero-order chi connectivity index (χ0) is 22.3. The third kappa shape index (κ3) is 3.70. The second-order valence-electron chi connectivity index (χ2n) is 7.64. The van der Waals surface area contributed by atoms with Crippen molar-refractivity contribution < 1.29 is 23.1 Å². The second-order valence-corrected chi connectivity index (χ2v) is 9.55. The Balaban J connectivity index is 1.41. The SMILES string of the molecule is C=C1c2ccccc2C(=O)N1CC(=O)N1CCN(S(=O)(=O)c2cc(C)ccc2O)CC1. The van der Waals surface area contributed by atoms with E-state index >= 15 is 0 Å². The normalized spacial score (nSPS) is 17.2. The van der Waals surface area contributed by atoms with Crippen molar-refractivity contribution in [2.24, 2.45) is 0 Å². The fraction of sp³-hybridized carbons (Fsp3) is 0.273. The topological polar surface area (TPSA) is 98.2 Å². The first-order valence-electron chi connectivity index (χ1n) is 9.88. The van der Waals surface area contributed by atoms with Crippen LogP contribution in [-0.4, -0.2) is 72.2 Å². The van der Waals surface area contributed by atoms with Crippen LogP contribution in [0.2, 0.25) is 0 Å². The van der Waals surface area contributed by atoms with Crippen LogP contribution >= 0.6 is 0 Å². The van der Waals surface area contributed by atoms with Gasteiger partial charge < -0.3 is 10.0 Å². The Morgan fingerprint density at radius 2 is 1.71 bits per heavy atom. The highest BCUT2D eigenvalue weighted by atomic mass is 32.2. The van der Waals surface area contributed by atoms with Crippen LogP contribution in [0.5, 0.6) is 5.75 Å². The minimum atomic E-state index is -3.87. The molecule has 2 aliphatic rings. The lowest BCUT2D eigenvalue weighted by atomic mass is 10.1. The molecule has 0 bridgehead atoms. The molecule has 8 nitrogen and oxygen atoms in total. The molecule has 0 aliphatic carbocycles. The molecule has 1 fully saturated rings. The number of sulfonamides is 1. The van der Waals surface area contributed by atoms with Gasteiger partial charge >= 0.3 is 0 Å². The molecule has 4 rings (SSSR count). The van der Waals surface area contributed by atoms with E-state index in [2.05, 4.69) is 6.58 Å². The number of nitrogens with zero attached hydrogens (tertiary/aromatic N) is 3. The molecule has 0 unspecified atom stereocenters. The van der Waals surface area contributed by atoms with Crippen LogP contribution in [0.4, 0.5) is 0 Å². The van der Waals surface area contributed by atoms with E-state index in [1.807, 2.05) is 6.07 Å². The molecule has 0 aromatic heterocycles. The van der Waals surface area contributed by atoms with Gasteiger partial charge in [0, 0.05) is 43.0 Å². The van der Waals surface area contributed by atoms with Gasteiger partial charge in [-0.25, -0.2) is 8.42 Å². The predicted octanol–water partition coefficient (Wildman–Crippen LogP) is 1.66. The van der Waals surface area contributed by atoms with E-state index in [0.29, 0.717) is 16.8 Å². The van der Waals surface area contributed by atoms with Gasteiger partial charge in [0.1, 0.15) is 17.2 Å². The Morgan fingerprint density at radius 1 is 1.06 bits per heavy atom. The molecule has 0 radical (unpaired) electrons. The predicted molar refractivity (Wildman–Crippen MR) is 115 cm³/mol. The van der Waals surface area contributed by atoms with Crippen LogP contribution in [0.1, 0.15) is 21.5 Å². The van der Waals surface area contributed by atoms with Gasteiger partial charge in [0.25, 0.3) is 5.91 Å². The van der Waals surface area contributed by atoms with E-state index in [1.54, 1.807) is 36.1 Å². The van der Waals surface area contributed by atoms with Crippen molar-refractivity contribution >= 4 is 27.5 Å². The van der Waals surface area contributed by atoms with Crippen molar-refractivity contribution in [2.45, 2.75) is 11.8 Å². The fourth-order valence-electron chi connectivity index (χ4n) is 3.88. The van der Waals surface area contributed by atoms with Gasteiger partial charge in [0.15, 0.2) is 0 Å². The number of rotatable bonds is 4. The highest BCUT2D eigenvalue weighted by molar-refractivity contribution is 7.89. The average molecular weight is 442 g/mol. The van der Waals surface area contributed by atoms with Crippen molar-refractivity contribution in [3.8, 4) is 5.75 Å². The standard InChI is InChI=1S/C22H23N3O5S/c1-15-7-8-19(26)20(13-15)31(29,30)24-11-9-23(10-12-24)21(27)14-25-16(2)17-5-3-4-6-18(17)22(25)28/h3-8,13,26H,2,9-12,14H2,1H3. The first-order valence-corrected chi connectivity index (χ1v) is 11.3. The molecule has 0 saturated carbocycles. The number of carbonyl (C=O) groups excluding carboxylic acids is 2. The van der Waals surface area contributed by atoms with E-state index in [-0.39, 0.29) is 55.2 Å². The summed E-state index contributed by atoms with van der Waals surface area (Å²) < 4.78 is 27.1. The number of piperazine rings is 1. The van der Waals surface area contributed by atoms with Gasteiger partial charge in [-0.3, -0.25) is 14.5 Å². The van der Waals surface area contributed by atoms with Gasteiger partial charge in [-0.1, -0.05) is 30.8 Å². The highest BCUT2D eigenvalue weighted by Crippen LogP contribution is 2.31. The maximum atomic E-state index is 12.9. The van der Waals surface area contributed by atoms with E-state index in [1.165, 1.54) is 21.3 Å². The van der Waals surface area contributed by atoms with Gasteiger partial charge in [-0.15, -0.1) is 0 Å². The number of phenolic OH excluding ortho intramolecular Hbond substituents is 1. The second kappa shape index (κ2) is 7.82. The molecular formula is C22H23N3O5S. The number of carbonyl (C=O) groups is 2. The lowest BCUT2D eigenvalue weighted by Gasteiger charge is -2.35. The minimum Gasteiger partial charge on any atom is -0.507 e. The Kier molecular flexibility index (Phi) is 5.32. The van der Waals surface area contributed by atoms with Gasteiger partial charge in [0.2, 0.25) is 15.9 Å². The summed E-state index contributed by atoms with van der Waals surface area (Å²) in [7, 11) is -3.87. The van der Waals surface area contributed by atoms with Crippen LogP contribution in [0.15, 0.2) is 53.9 Å². The Hall–Kier alpha value is -3.17. The van der Waals surface area contributed by atoms with E-state index in [0.717, 1.165) is 5.56 Å². The van der Waals surface area contributed by atoms with Crippen molar-refractivity contribution in [2.75, 3.05) is 32.7 Å². The summed E-state index contributed by atoms with van der Waals surface area (Å²) in [6.07, 6.45) is 0. The number of aryl methyl sites for hydroxylation is 1. The van der Waals surface area contributed by atoms with Crippen LogP contribution in [0.3, 0.4) is 0 Å². The largest absolute Gasteiger partial charge is 0.507 e. The Bertz CT molecular complexity index is 1150. The maximum Gasteiger partial charge on any atom is 0.259 e. The molecule has 1 saturated heterocycles. The summed E-state index contributed by atoms with van der Waals surface area (Å²) in [5.41, 5.74) is 2.45. The molecule has 2 heterocycles. The van der Waals surface area contributed by atoms with Gasteiger partial charge in [-0.05, 0) is 30.7 Å². The van der Waals surface area contributed by atoms with Crippen molar-refractivity contribution in [1.82, 2.24) is 14.1 Å². The molecule has 2 aromatic carbocycles. The van der Waals surface area contributed by atoms with E-state index < -0.39 is 10.0 Å². The van der Waals surface area contributed by atoms with Crippen molar-refractivity contribution in [3.63, 3.8) is 0 Å². The number of phenols is 1. The number of fused-ring (bicyclic) bond motifs is 1. The monoisotopic (exact) mass is 441 g/mol. The molecule has 0 spiro atoms. The molecular weight excluding hydrogens is 418 g/mol. The van der Waals surface area contributed by atoms with Gasteiger partial charge in [0.05, 0.1) is 0 Å². The lowest BCUT2D eigenvalue weighted by molar-refractivity contribution is -0.132. The molecule has 9 heteroatoms. The smallest absolute Gasteiger partial charge is 0.259 e. The lowest BCUT2D eigenvalue weighted by Crippen LogP contribution is -2.52. The molecule has 1 N–H and O–H groups in total. The minimum absolute atomic E-state index is 0.108. The van der Waals surface area contributed by atoms with Crippen LogP contribution in [0, 0.1) is 6.92 Å². The molecule has 2 aromatic rings. The zero-order valence-electron chi connectivity index (χ0n) is 17.1. The van der Waals surface area contributed by atoms with Gasteiger partial charge in [-0.2, -0.15) is 4.31 Å². The average Bonchev–Trinajstić information content (AvgIpc) is 3.00. The summed E-state index contributed by atoms with van der Waals surface area (Å²) in [4.78, 5) is 28.2. The van der Waals surface area contributed by atoms with E-state index in [4.69, 9.17) is 0 Å². The summed E-state index contributed by atoms with van der Waals surface area (Å²) >= 11 is 0. The fourth-order valence-corrected chi connectivity index (χ4v) is 5.47. The number of amides is 2. The molecule has 2 amide bonds. The van der Waals surface area contributed by atoms with Crippen molar-refractivity contribution in [3.05, 3.63) is 65.7 Å². The maximum absolute atomic E-state index is 12.9. The summed E-state index contributed by atoms with van der Waals surface area (Å²) in [6, 6.07) is 11.5. The quantitative estimate of drug-likeness (QED) is 0.778. The number of benzene rings is 2. The first kappa shape index (κ1) is 21.1. The van der Waals surface area contributed by atoms with Crippen LogP contribution in [-0.2, 0) is 14.8 Å². The first-order chi connectivity index (χ1) is 14.7. The molecule has 31 heavy (non-hydrogen) atoms. The summed E-state index contributed by atoms with van der Waals surface area (Å²) in [5.74, 6) is -0.822. The third-order valence-electron chi connectivity index (χ3n) is 5.66. The zero-order valence-corrected chi connectivity index (χ0v) is 17.9.